The molecule has 84 heavy (non-hydrogen) atoms. The van der Waals surface area contributed by atoms with E-state index in [-0.39, 0.29) is 59.6 Å². The van der Waals surface area contributed by atoms with Gasteiger partial charge in [-0.05, 0) is 176 Å². The first-order valence-electron chi connectivity index (χ1n) is 31.0. The number of aromatic nitrogens is 5. The third-order valence-electron chi connectivity index (χ3n) is 19.4. The number of allylic oxidation sites excluding steroid dienone is 1. The van der Waals surface area contributed by atoms with E-state index in [1.165, 1.54) is 0 Å². The van der Waals surface area contributed by atoms with E-state index in [4.69, 9.17) is 20.3 Å². The van der Waals surface area contributed by atoms with Crippen LogP contribution in [0.25, 0.3) is 21.7 Å². The number of piperidine rings is 3. The van der Waals surface area contributed by atoms with Gasteiger partial charge in [0.2, 0.25) is 5.91 Å². The number of aryl methyl sites for hydroxylation is 1. The molecule has 2 saturated carbocycles. The number of thiazole rings is 1. The largest absolute Gasteiger partial charge is 0.507 e. The molecule has 7 atom stereocenters. The van der Waals surface area contributed by atoms with Gasteiger partial charge in [0.15, 0.2) is 5.82 Å². The summed E-state index contributed by atoms with van der Waals surface area (Å²) in [5.74, 6) is 7.50. The smallest absolute Gasteiger partial charge is 0.223 e. The molecule has 5 aromatic rings. The van der Waals surface area contributed by atoms with E-state index in [1.54, 1.807) is 35.6 Å². The average Bonchev–Trinajstić information content (AvgIpc) is 4.33. The number of rotatable bonds is 18. The van der Waals surface area contributed by atoms with Crippen LogP contribution in [-0.2, 0) is 19.1 Å². The minimum absolute atomic E-state index is 0.00863. The summed E-state index contributed by atoms with van der Waals surface area (Å²) in [5, 5.41) is 37.3. The molecule has 0 spiro atoms. The van der Waals surface area contributed by atoms with Gasteiger partial charge in [-0.1, -0.05) is 68.7 Å². The normalized spacial score (nSPS) is 25.3. The molecule has 0 radical (unpaired) electrons. The summed E-state index contributed by atoms with van der Waals surface area (Å²) < 4.78 is 15.2. The molecule has 446 valence electrons. The zero-order chi connectivity index (χ0) is 58.6. The number of carbonyl (C=O) groups is 2. The summed E-state index contributed by atoms with van der Waals surface area (Å²) in [5.41, 5.74) is 14.6. The Hall–Kier alpha value is -6.26. The summed E-state index contributed by atoms with van der Waals surface area (Å²) in [7, 11) is 0. The van der Waals surface area contributed by atoms with Crippen molar-refractivity contribution in [1.29, 1.82) is 0 Å². The Morgan fingerprint density at radius 3 is 2.36 bits per heavy atom. The van der Waals surface area contributed by atoms with E-state index < -0.39 is 17.9 Å². The van der Waals surface area contributed by atoms with Crippen LogP contribution in [0.4, 0.5) is 5.82 Å². The van der Waals surface area contributed by atoms with E-state index in [2.05, 4.69) is 109 Å². The fourth-order valence-electron chi connectivity index (χ4n) is 14.2. The molecule has 11 rings (SSSR count). The number of hydrogen-bond acceptors (Lipinski definition) is 15. The molecule has 17 heteroatoms. The maximum atomic E-state index is 14.4. The summed E-state index contributed by atoms with van der Waals surface area (Å²) >= 11 is 1.62. The first-order valence-corrected chi connectivity index (χ1v) is 31.9. The Labute approximate surface area is 500 Å². The molecule has 2 aromatic carbocycles. The number of Topliss-reactive ketones (excluding diaryl/α,β-unsaturated/α-hetero) is 1. The Morgan fingerprint density at radius 1 is 0.905 bits per heavy atom. The van der Waals surface area contributed by atoms with Crippen LogP contribution in [0.15, 0.2) is 96.5 Å². The van der Waals surface area contributed by atoms with Gasteiger partial charge < -0.3 is 40.5 Å². The number of hydrogen-bond donors (Lipinski definition) is 4. The van der Waals surface area contributed by atoms with E-state index >= 15 is 0 Å². The van der Waals surface area contributed by atoms with Crippen molar-refractivity contribution in [3.05, 3.63) is 119 Å². The number of phenolic OH excluding ortho intramolecular Hbond substituents is 1. The molecular weight excluding hydrogens is 1070 g/mol. The number of benzene rings is 2. The predicted molar refractivity (Wildman–Crippen MR) is 328 cm³/mol. The molecule has 3 aromatic heterocycles. The highest BCUT2D eigenvalue weighted by molar-refractivity contribution is 7.13. The number of aliphatic hydroxyl groups excluding tert-OH is 1. The van der Waals surface area contributed by atoms with Crippen molar-refractivity contribution in [3.63, 3.8) is 0 Å². The topological polar surface area (TPSA) is 197 Å². The van der Waals surface area contributed by atoms with Crippen molar-refractivity contribution in [2.75, 3.05) is 58.2 Å². The van der Waals surface area contributed by atoms with Gasteiger partial charge in [0.1, 0.15) is 23.9 Å². The Morgan fingerprint density at radius 2 is 1.64 bits per heavy atom. The lowest BCUT2D eigenvalue weighted by Gasteiger charge is -2.47. The second-order valence-corrected chi connectivity index (χ2v) is 26.3. The van der Waals surface area contributed by atoms with Gasteiger partial charge in [0.25, 0.3) is 0 Å². The van der Waals surface area contributed by atoms with Gasteiger partial charge in [-0.3, -0.25) is 19.2 Å². The van der Waals surface area contributed by atoms with Gasteiger partial charge in [0, 0.05) is 49.8 Å². The quantitative estimate of drug-likeness (QED) is 0.0478. The maximum absolute atomic E-state index is 14.4. The first-order chi connectivity index (χ1) is 40.6. The molecule has 0 bridgehead atoms. The number of aromatic hydroxyl groups is 1. The maximum Gasteiger partial charge on any atom is 0.223 e. The van der Waals surface area contributed by atoms with Crippen LogP contribution in [0.2, 0.25) is 0 Å². The van der Waals surface area contributed by atoms with Crippen LogP contribution in [0, 0.1) is 54.3 Å². The average molecular weight is 1160 g/mol. The van der Waals surface area contributed by atoms with Crippen molar-refractivity contribution in [2.24, 2.45) is 35.5 Å². The Bertz CT molecular complexity index is 3190. The van der Waals surface area contributed by atoms with Crippen LogP contribution >= 0.6 is 11.3 Å². The van der Waals surface area contributed by atoms with E-state index in [9.17, 15) is 19.8 Å². The summed E-state index contributed by atoms with van der Waals surface area (Å²) in [6.45, 7) is 22.8. The zero-order valence-electron chi connectivity index (χ0n) is 49.7. The number of ether oxygens (including phenoxy) is 2. The first kappa shape index (κ1) is 59.5. The second-order valence-electron chi connectivity index (χ2n) is 25.4. The summed E-state index contributed by atoms with van der Waals surface area (Å²) in [4.78, 5) is 41.7. The number of para-hydroxylation sites is 1. The molecule has 5 N–H and O–H groups in total. The number of likely N-dealkylation sites (tertiary alicyclic amines) is 3. The molecular formula is C67H86N10O6S. The molecule has 3 unspecified atom stereocenters. The van der Waals surface area contributed by atoms with Crippen LogP contribution < -0.4 is 11.1 Å². The van der Waals surface area contributed by atoms with Crippen molar-refractivity contribution in [3.8, 4) is 39.3 Å². The number of nitrogens with one attached hydrogen (secondary N) is 1. The number of phenols is 1. The summed E-state index contributed by atoms with van der Waals surface area (Å²) in [6, 6.07) is 17.7. The molecule has 2 aliphatic carbocycles. The fraction of sp³-hybridized carbons (Fsp3) is 0.552. The Balaban J connectivity index is 0.583. The number of carbonyl (C=O) groups excluding carboxylic acids is 2. The number of ketones is 1. The van der Waals surface area contributed by atoms with Gasteiger partial charge in [-0.25, -0.2) is 4.98 Å². The standard InChI is InChI=1S/C67H86N10O6S/c1-41(2)64(62(80)31-52-29-54(78)34-58(52)67(81)71-43(4)48-13-15-50(16-14-48)65-44(5)69-40-84-65)63-35-60(42(3)39-82-63)76-25-17-46(18-26-76)37-74-23-21-55(22-24-74)83-56-32-53(33-56)75-27-19-49(20-28-75)45(6)77-38-47(36-70-77)11-12-51-30-59(72-73-66(51)68)57-9-7-8-10-61(57)79/h7-10,13-16,30,35-36,38,40-41,43,45-46,49,52-56,58,60,64,78-79H,3,17-29,31-34,37,39H2,1-2,4-6H3,(H2,68,73)(H,71,81)/t43-,45?,52?,53?,54-,56?,58+,60?,64-/m0/s1. The fourth-order valence-corrected chi connectivity index (χ4v) is 15.0. The lowest BCUT2D eigenvalue weighted by molar-refractivity contribution is -0.129. The van der Waals surface area contributed by atoms with E-state index in [1.807, 2.05) is 37.8 Å². The highest BCUT2D eigenvalue weighted by Gasteiger charge is 2.43. The number of nitrogens with two attached hydrogens (primary N) is 1. The summed E-state index contributed by atoms with van der Waals surface area (Å²) in [6.07, 6.45) is 16.1. The highest BCUT2D eigenvalue weighted by Crippen LogP contribution is 2.41. The third kappa shape index (κ3) is 13.9. The lowest BCUT2D eigenvalue weighted by atomic mass is 9.81. The van der Waals surface area contributed by atoms with Gasteiger partial charge >= 0.3 is 0 Å². The van der Waals surface area contributed by atoms with Crippen molar-refractivity contribution in [1.82, 2.24) is 45.0 Å². The zero-order valence-corrected chi connectivity index (χ0v) is 50.6. The van der Waals surface area contributed by atoms with E-state index in [0.717, 1.165) is 136 Å². The molecule has 16 nitrogen and oxygen atoms in total. The molecule has 5 fully saturated rings. The third-order valence-corrected chi connectivity index (χ3v) is 20.4. The van der Waals surface area contributed by atoms with Crippen molar-refractivity contribution in [2.45, 2.75) is 148 Å². The molecule has 3 saturated heterocycles. The monoisotopic (exact) mass is 1160 g/mol. The second kappa shape index (κ2) is 26.6. The molecule has 6 aliphatic rings. The van der Waals surface area contributed by atoms with Crippen molar-refractivity contribution < 1.29 is 29.3 Å². The number of aliphatic hydroxyl groups is 1. The van der Waals surface area contributed by atoms with Crippen LogP contribution in [0.5, 0.6) is 5.75 Å². The SMILES string of the molecule is C=C1COC([C@H](C(=O)CC2C[C@H](O)C[C@H]2C(=O)N[C@@H](C)c2ccc(-c3scnc3C)cc2)C(C)C)=CC1N1CCC(CN2CCC(OC3CC(N4CCC(C(C)n5cc(C#Cc6cc(-c7ccccc7O)nnc6N)cn5)CC4)C3)CC2)CC1. The number of anilines is 1. The minimum Gasteiger partial charge on any atom is -0.507 e. The minimum atomic E-state index is -0.617. The molecule has 4 aliphatic heterocycles. The van der Waals surface area contributed by atoms with Crippen molar-refractivity contribution >= 4 is 28.8 Å². The van der Waals surface area contributed by atoms with Crippen LogP contribution in [0.3, 0.4) is 0 Å². The highest BCUT2D eigenvalue weighted by atomic mass is 32.1. The van der Waals surface area contributed by atoms with Gasteiger partial charge in [-0.2, -0.15) is 5.10 Å². The van der Waals surface area contributed by atoms with Crippen LogP contribution in [0.1, 0.15) is 133 Å². The predicted octanol–water partition coefficient (Wildman–Crippen LogP) is 9.79. The van der Waals surface area contributed by atoms with Gasteiger partial charge in [0.05, 0.1) is 81.5 Å². The number of nitrogens with zero attached hydrogens (tertiary/aromatic N) is 8. The molecule has 1 amide bonds. The van der Waals surface area contributed by atoms with Crippen LogP contribution in [-0.4, -0.2) is 144 Å². The molecule has 7 heterocycles. The number of amides is 1. The van der Waals surface area contributed by atoms with E-state index in [0.29, 0.717) is 66.4 Å². The number of nitrogen functional groups attached to an aromatic ring is 1. The van der Waals surface area contributed by atoms with Gasteiger partial charge in [-0.15, -0.1) is 21.5 Å². The lowest BCUT2D eigenvalue weighted by Crippen LogP contribution is -2.52. The Kier molecular flexibility index (Phi) is 18.8.